The smallest absolute Gasteiger partial charge is 0.325 e. The number of carbonyl (C=O) groups is 3. The Morgan fingerprint density at radius 2 is 2.09 bits per heavy atom. The fourth-order valence-corrected chi connectivity index (χ4v) is 3.53. The zero-order chi connectivity index (χ0) is 15.7. The number of likely N-dealkylation sites (tertiary alicyclic amines) is 1. The van der Waals surface area contributed by atoms with Gasteiger partial charge in [-0.1, -0.05) is 6.92 Å². The number of piperidine rings is 1. The molecule has 3 aliphatic rings. The Bertz CT molecular complexity index is 487. The predicted octanol–water partition coefficient (Wildman–Crippen LogP) is 0.346. The van der Waals surface area contributed by atoms with Crippen molar-refractivity contribution in [3.63, 3.8) is 0 Å². The molecule has 0 aliphatic carbocycles. The Morgan fingerprint density at radius 1 is 1.36 bits per heavy atom. The number of nitrogens with zero attached hydrogens (tertiary/aromatic N) is 2. The summed E-state index contributed by atoms with van der Waals surface area (Å²) in [4.78, 5) is 39.9. The molecule has 0 saturated carbocycles. The summed E-state index contributed by atoms with van der Waals surface area (Å²) in [6.07, 6.45) is 3.05. The lowest BCUT2D eigenvalue weighted by atomic mass is 9.90. The second-order valence-electron chi connectivity index (χ2n) is 6.60. The lowest BCUT2D eigenvalue weighted by molar-refractivity contribution is -0.141. The molecule has 0 bridgehead atoms. The van der Waals surface area contributed by atoms with Gasteiger partial charge in [-0.25, -0.2) is 4.79 Å². The van der Waals surface area contributed by atoms with Crippen LogP contribution in [0.4, 0.5) is 4.79 Å². The highest BCUT2D eigenvalue weighted by Gasteiger charge is 2.52. The van der Waals surface area contributed by atoms with Gasteiger partial charge >= 0.3 is 6.03 Å². The van der Waals surface area contributed by atoms with Crippen LogP contribution in [0.15, 0.2) is 0 Å². The minimum absolute atomic E-state index is 0.140. The lowest BCUT2D eigenvalue weighted by Gasteiger charge is -2.32. The third-order valence-electron chi connectivity index (χ3n) is 4.90. The third kappa shape index (κ3) is 2.69. The first-order valence-corrected chi connectivity index (χ1v) is 8.01. The number of carbonyl (C=O) groups excluding carboxylic acids is 3. The molecule has 7 heteroatoms. The van der Waals surface area contributed by atoms with Crippen molar-refractivity contribution < 1.29 is 19.1 Å². The Morgan fingerprint density at radius 3 is 2.77 bits per heavy atom. The number of hydrogen-bond acceptors (Lipinski definition) is 4. The van der Waals surface area contributed by atoms with Crippen molar-refractivity contribution in [2.45, 2.75) is 38.1 Å². The van der Waals surface area contributed by atoms with Gasteiger partial charge in [0, 0.05) is 39.1 Å². The summed E-state index contributed by atoms with van der Waals surface area (Å²) < 4.78 is 5.27. The van der Waals surface area contributed by atoms with Crippen LogP contribution in [0, 0.1) is 5.92 Å². The number of amides is 4. The van der Waals surface area contributed by atoms with Crippen LogP contribution in [0.1, 0.15) is 32.6 Å². The van der Waals surface area contributed by atoms with Crippen LogP contribution < -0.4 is 5.32 Å². The van der Waals surface area contributed by atoms with Gasteiger partial charge < -0.3 is 15.0 Å². The van der Waals surface area contributed by atoms with Crippen LogP contribution in [0.5, 0.6) is 0 Å². The predicted molar refractivity (Wildman–Crippen MR) is 78.0 cm³/mol. The zero-order valence-electron chi connectivity index (χ0n) is 13.0. The van der Waals surface area contributed by atoms with Gasteiger partial charge in [-0.05, 0) is 18.8 Å². The standard InChI is InChI=1S/C15H23N3O4/c1-11-3-2-6-17(9-11)12(19)10-18-13(20)15(16-14(18)21)4-7-22-8-5-15/h11H,2-10H2,1H3,(H,16,21)/t11-/m1/s1. The molecule has 1 N–H and O–H groups in total. The van der Waals surface area contributed by atoms with Crippen LogP contribution in [0.2, 0.25) is 0 Å². The van der Waals surface area contributed by atoms with Crippen LogP contribution in [0.25, 0.3) is 0 Å². The molecule has 4 amide bonds. The third-order valence-corrected chi connectivity index (χ3v) is 4.90. The van der Waals surface area contributed by atoms with E-state index in [-0.39, 0.29) is 18.4 Å². The highest BCUT2D eigenvalue weighted by Crippen LogP contribution is 2.28. The maximum absolute atomic E-state index is 12.6. The minimum atomic E-state index is -0.856. The number of hydrogen-bond donors (Lipinski definition) is 1. The first-order valence-electron chi connectivity index (χ1n) is 8.01. The molecule has 1 atom stereocenters. The van der Waals surface area contributed by atoms with Gasteiger partial charge in [0.2, 0.25) is 5.91 Å². The summed E-state index contributed by atoms with van der Waals surface area (Å²) in [5.74, 6) is 0.0565. The lowest BCUT2D eigenvalue weighted by Crippen LogP contribution is -2.51. The summed E-state index contributed by atoms with van der Waals surface area (Å²) in [6, 6.07) is -0.453. The van der Waals surface area contributed by atoms with Crippen LogP contribution in [-0.2, 0) is 14.3 Å². The number of urea groups is 1. The maximum atomic E-state index is 12.6. The maximum Gasteiger partial charge on any atom is 0.325 e. The Labute approximate surface area is 129 Å². The SMILES string of the molecule is C[C@@H]1CCCN(C(=O)CN2C(=O)NC3(CCOCC3)C2=O)C1. The molecule has 22 heavy (non-hydrogen) atoms. The average molecular weight is 309 g/mol. The highest BCUT2D eigenvalue weighted by molar-refractivity contribution is 6.09. The van der Waals surface area contributed by atoms with Crippen molar-refractivity contribution >= 4 is 17.8 Å². The molecule has 3 rings (SSSR count). The van der Waals surface area contributed by atoms with Gasteiger partial charge in [-0.3, -0.25) is 14.5 Å². The van der Waals surface area contributed by atoms with E-state index in [9.17, 15) is 14.4 Å². The van der Waals surface area contributed by atoms with Gasteiger partial charge in [0.05, 0.1) is 0 Å². The van der Waals surface area contributed by atoms with Crippen molar-refractivity contribution in [3.8, 4) is 0 Å². The molecule has 0 aromatic rings. The van der Waals surface area contributed by atoms with Crippen LogP contribution >= 0.6 is 0 Å². The Kier molecular flexibility index (Phi) is 4.08. The van der Waals surface area contributed by atoms with E-state index in [2.05, 4.69) is 12.2 Å². The summed E-state index contributed by atoms with van der Waals surface area (Å²) in [5, 5.41) is 2.77. The van der Waals surface area contributed by atoms with Gasteiger partial charge in [0.15, 0.2) is 0 Å². The number of nitrogens with one attached hydrogen (secondary N) is 1. The van der Waals surface area contributed by atoms with E-state index in [1.54, 1.807) is 4.90 Å². The second kappa shape index (κ2) is 5.87. The van der Waals surface area contributed by atoms with E-state index in [0.29, 0.717) is 45.1 Å². The van der Waals surface area contributed by atoms with E-state index in [0.717, 1.165) is 17.7 Å². The van der Waals surface area contributed by atoms with Crippen LogP contribution in [-0.4, -0.2) is 66.0 Å². The molecular weight excluding hydrogens is 286 g/mol. The van der Waals surface area contributed by atoms with E-state index in [1.807, 2.05) is 0 Å². The molecule has 0 aromatic heterocycles. The van der Waals surface area contributed by atoms with Gasteiger partial charge in [0.1, 0.15) is 12.1 Å². The van der Waals surface area contributed by atoms with E-state index >= 15 is 0 Å². The quantitative estimate of drug-likeness (QED) is 0.746. The minimum Gasteiger partial charge on any atom is -0.381 e. The van der Waals surface area contributed by atoms with Crippen molar-refractivity contribution in [3.05, 3.63) is 0 Å². The van der Waals surface area contributed by atoms with Gasteiger partial charge in [-0.15, -0.1) is 0 Å². The van der Waals surface area contributed by atoms with Crippen molar-refractivity contribution in [2.75, 3.05) is 32.8 Å². The average Bonchev–Trinajstić information content (AvgIpc) is 2.72. The first-order chi connectivity index (χ1) is 10.5. The molecule has 3 fully saturated rings. The number of ether oxygens (including phenoxy) is 1. The molecule has 1 spiro atoms. The van der Waals surface area contributed by atoms with Crippen LogP contribution in [0.3, 0.4) is 0 Å². The molecule has 0 unspecified atom stereocenters. The fourth-order valence-electron chi connectivity index (χ4n) is 3.53. The highest BCUT2D eigenvalue weighted by atomic mass is 16.5. The molecular formula is C15H23N3O4. The Hall–Kier alpha value is -1.63. The molecule has 7 nitrogen and oxygen atoms in total. The molecule has 3 aliphatic heterocycles. The van der Waals surface area contributed by atoms with Crippen molar-refractivity contribution in [1.82, 2.24) is 15.1 Å². The van der Waals surface area contributed by atoms with Crippen molar-refractivity contribution in [2.24, 2.45) is 5.92 Å². The topological polar surface area (TPSA) is 79.0 Å². The first kappa shape index (κ1) is 15.3. The van der Waals surface area contributed by atoms with Crippen molar-refractivity contribution in [1.29, 1.82) is 0 Å². The number of rotatable bonds is 2. The largest absolute Gasteiger partial charge is 0.381 e. The summed E-state index contributed by atoms with van der Waals surface area (Å²) in [7, 11) is 0. The monoisotopic (exact) mass is 309 g/mol. The summed E-state index contributed by atoms with van der Waals surface area (Å²) in [5.41, 5.74) is -0.856. The van der Waals surface area contributed by atoms with E-state index < -0.39 is 11.6 Å². The second-order valence-corrected chi connectivity index (χ2v) is 6.60. The van der Waals surface area contributed by atoms with Gasteiger partial charge in [-0.2, -0.15) is 0 Å². The molecule has 0 aromatic carbocycles. The molecule has 0 radical (unpaired) electrons. The van der Waals surface area contributed by atoms with Gasteiger partial charge in [0.25, 0.3) is 5.91 Å². The van der Waals surface area contributed by atoms with E-state index in [4.69, 9.17) is 4.74 Å². The van der Waals surface area contributed by atoms with E-state index in [1.165, 1.54) is 0 Å². The summed E-state index contributed by atoms with van der Waals surface area (Å²) in [6.45, 7) is 4.30. The normalized spacial score (nSPS) is 28.1. The molecule has 3 saturated heterocycles. The number of imide groups is 1. The molecule has 122 valence electrons. The summed E-state index contributed by atoms with van der Waals surface area (Å²) >= 11 is 0. The Balaban J connectivity index is 1.65. The fraction of sp³-hybridized carbons (Fsp3) is 0.800. The zero-order valence-corrected chi connectivity index (χ0v) is 13.0. The molecule has 3 heterocycles.